The van der Waals surface area contributed by atoms with Crippen molar-refractivity contribution in [2.75, 3.05) is 26.7 Å². The van der Waals surface area contributed by atoms with Gasteiger partial charge < -0.3 is 14.2 Å². The van der Waals surface area contributed by atoms with Gasteiger partial charge in [-0.15, -0.1) is 0 Å². The number of fused-ring (bicyclic) bond motifs is 2. The Bertz CT molecular complexity index is 1060. The lowest BCUT2D eigenvalue weighted by atomic mass is 9.76. The smallest absolute Gasteiger partial charge is 0.431 e. The molecule has 0 aliphatic carbocycles. The van der Waals surface area contributed by atoms with Crippen molar-refractivity contribution in [3.63, 3.8) is 0 Å². The first-order valence-electron chi connectivity index (χ1n) is 11.3. The molecule has 1 saturated heterocycles. The molecule has 0 atom stereocenters. The van der Waals surface area contributed by atoms with E-state index in [9.17, 15) is 18.0 Å². The minimum atomic E-state index is -4.45. The molecule has 2 radical (unpaired) electrons. The van der Waals surface area contributed by atoms with Gasteiger partial charge in [0.25, 0.3) is 5.91 Å². The molecule has 1 aromatic carbocycles. The number of piperidine rings is 1. The first-order chi connectivity index (χ1) is 15.4. The van der Waals surface area contributed by atoms with Gasteiger partial charge in [0.1, 0.15) is 19.3 Å². The predicted molar refractivity (Wildman–Crippen MR) is 121 cm³/mol. The lowest BCUT2D eigenvalue weighted by Gasteiger charge is -2.51. The zero-order valence-electron chi connectivity index (χ0n) is 19.5. The highest BCUT2D eigenvalue weighted by molar-refractivity contribution is 6.33. The van der Waals surface area contributed by atoms with Crippen molar-refractivity contribution < 1.29 is 22.7 Å². The van der Waals surface area contributed by atoms with Crippen LogP contribution in [0.5, 0.6) is 5.75 Å². The summed E-state index contributed by atoms with van der Waals surface area (Å²) in [5, 5.41) is 0. The molecule has 3 heterocycles. The van der Waals surface area contributed by atoms with Crippen molar-refractivity contribution in [1.82, 2.24) is 14.4 Å². The van der Waals surface area contributed by atoms with Crippen LogP contribution in [-0.4, -0.2) is 60.9 Å². The van der Waals surface area contributed by atoms with Crippen LogP contribution in [0.3, 0.4) is 0 Å². The predicted octanol–water partition coefficient (Wildman–Crippen LogP) is 3.47. The molecule has 0 unspecified atom stereocenters. The first-order valence-corrected chi connectivity index (χ1v) is 11.3. The van der Waals surface area contributed by atoms with Gasteiger partial charge in [-0.25, -0.2) is 0 Å². The molecule has 0 bridgehead atoms. The van der Waals surface area contributed by atoms with Crippen molar-refractivity contribution in [2.45, 2.75) is 58.0 Å². The number of likely N-dealkylation sites (N-methyl/N-ethyl adjacent to an activating group) is 1. The molecule has 4 rings (SSSR count). The van der Waals surface area contributed by atoms with Gasteiger partial charge in [-0.1, -0.05) is 5.46 Å². The van der Waals surface area contributed by atoms with Crippen LogP contribution in [0.15, 0.2) is 24.3 Å². The Hall–Kier alpha value is -2.42. The maximum Gasteiger partial charge on any atom is 0.431 e. The van der Waals surface area contributed by atoms with Crippen molar-refractivity contribution in [1.29, 1.82) is 0 Å². The zero-order chi connectivity index (χ0) is 24.1. The molecule has 0 saturated carbocycles. The van der Waals surface area contributed by atoms with E-state index in [0.717, 1.165) is 17.4 Å². The topological polar surface area (TPSA) is 37.7 Å². The third kappa shape index (κ3) is 4.16. The Kier molecular flexibility index (Phi) is 6.05. The molecule has 1 spiro atoms. The number of rotatable bonds is 3. The summed E-state index contributed by atoms with van der Waals surface area (Å²) in [7, 11) is 8.07. The summed E-state index contributed by atoms with van der Waals surface area (Å²) in [5.74, 6) is 0.668. The highest BCUT2D eigenvalue weighted by Gasteiger charge is 2.48. The Labute approximate surface area is 193 Å². The molecule has 2 aromatic rings. The van der Waals surface area contributed by atoms with Crippen LogP contribution in [0, 0.1) is 6.92 Å². The molecule has 9 heteroatoms. The quantitative estimate of drug-likeness (QED) is 0.660. The summed E-state index contributed by atoms with van der Waals surface area (Å²) < 4.78 is 47.8. The van der Waals surface area contributed by atoms with Crippen LogP contribution in [0.25, 0.3) is 0 Å². The van der Waals surface area contributed by atoms with E-state index in [0.29, 0.717) is 43.7 Å². The van der Waals surface area contributed by atoms with Crippen LogP contribution in [0.4, 0.5) is 13.2 Å². The lowest BCUT2D eigenvalue weighted by Crippen LogP contribution is -2.58. The van der Waals surface area contributed by atoms with E-state index in [1.807, 2.05) is 40.0 Å². The summed E-state index contributed by atoms with van der Waals surface area (Å²) in [5.41, 5.74) is 0.860. The molecule has 1 aromatic heterocycles. The maximum atomic E-state index is 13.6. The second-order valence-electron chi connectivity index (χ2n) is 9.38. The normalized spacial score (nSPS) is 18.6. The Morgan fingerprint density at radius 1 is 1.12 bits per heavy atom. The number of alkyl halides is 3. The number of nitrogens with zero attached hydrogens (tertiary/aromatic N) is 3. The van der Waals surface area contributed by atoms with Gasteiger partial charge in [0.15, 0.2) is 0 Å². The summed E-state index contributed by atoms with van der Waals surface area (Å²) in [6, 6.07) is 6.46. The van der Waals surface area contributed by atoms with E-state index < -0.39 is 17.4 Å². The second kappa shape index (κ2) is 8.42. The number of likely N-dealkylation sites (tertiary alicyclic amines) is 1. The van der Waals surface area contributed by atoms with Gasteiger partial charge in [-0.2, -0.15) is 13.2 Å². The summed E-state index contributed by atoms with van der Waals surface area (Å²) in [4.78, 5) is 17.1. The molecule has 5 nitrogen and oxygen atoms in total. The Morgan fingerprint density at radius 2 is 1.79 bits per heavy atom. The van der Waals surface area contributed by atoms with E-state index in [-0.39, 0.29) is 24.0 Å². The van der Waals surface area contributed by atoms with Crippen molar-refractivity contribution in [3.8, 4) is 5.75 Å². The maximum absolute atomic E-state index is 13.6. The number of benzene rings is 1. The van der Waals surface area contributed by atoms with Gasteiger partial charge in [0.05, 0.1) is 11.6 Å². The molecular weight excluding hydrogens is 430 g/mol. The SMILES string of the molecule is [B]c1cc(C(F)(F)F)n2c1C1(CCN(C(=O)c3ccc(OC(C)C)c(C)c3)CC1)N(C)CC2. The van der Waals surface area contributed by atoms with Gasteiger partial charge in [0.2, 0.25) is 0 Å². The number of aromatic nitrogens is 1. The summed E-state index contributed by atoms with van der Waals surface area (Å²) in [6.07, 6.45) is -3.37. The number of carbonyl (C=O) groups is 1. The monoisotopic (exact) mass is 459 g/mol. The fourth-order valence-corrected chi connectivity index (χ4v) is 5.25. The van der Waals surface area contributed by atoms with Crippen molar-refractivity contribution in [3.05, 3.63) is 46.8 Å². The van der Waals surface area contributed by atoms with E-state index >= 15 is 0 Å². The van der Waals surface area contributed by atoms with Crippen molar-refractivity contribution in [2.24, 2.45) is 0 Å². The third-order valence-electron chi connectivity index (χ3n) is 6.91. The van der Waals surface area contributed by atoms with E-state index in [4.69, 9.17) is 12.6 Å². The van der Waals surface area contributed by atoms with Crippen LogP contribution < -0.4 is 10.2 Å². The minimum Gasteiger partial charge on any atom is -0.491 e. The van der Waals surface area contributed by atoms with E-state index in [1.54, 1.807) is 11.0 Å². The van der Waals surface area contributed by atoms with Crippen molar-refractivity contribution >= 4 is 19.2 Å². The number of ether oxygens (including phenoxy) is 1. The number of hydrogen-bond donors (Lipinski definition) is 0. The number of amides is 1. The third-order valence-corrected chi connectivity index (χ3v) is 6.91. The fourth-order valence-electron chi connectivity index (χ4n) is 5.25. The van der Waals surface area contributed by atoms with E-state index in [1.165, 1.54) is 4.57 Å². The molecule has 1 fully saturated rings. The molecule has 0 N–H and O–H groups in total. The second-order valence-corrected chi connectivity index (χ2v) is 9.38. The average Bonchev–Trinajstić information content (AvgIpc) is 3.10. The average molecular weight is 459 g/mol. The van der Waals surface area contributed by atoms with Crippen LogP contribution in [0.1, 0.15) is 54.0 Å². The lowest BCUT2D eigenvalue weighted by molar-refractivity contribution is -0.144. The molecular formula is C24H29BF3N3O2. The number of hydrogen-bond acceptors (Lipinski definition) is 3. The minimum absolute atomic E-state index is 0.0419. The standard InChI is InChI=1S/C24H29BF3N3O2/c1-15(2)33-19-6-5-17(13-16(19)3)22(32)30-9-7-23(8-10-30)21-18(25)14-20(24(26,27)28)31(21)12-11-29(23)4/h5-6,13-15H,7-12H2,1-4H3. The molecule has 1 amide bonds. The van der Waals surface area contributed by atoms with Crippen LogP contribution in [0.2, 0.25) is 0 Å². The Balaban J connectivity index is 1.56. The largest absolute Gasteiger partial charge is 0.491 e. The van der Waals surface area contributed by atoms with E-state index in [2.05, 4.69) is 4.90 Å². The van der Waals surface area contributed by atoms with Gasteiger partial charge >= 0.3 is 6.18 Å². The number of aryl methyl sites for hydroxylation is 1. The number of halogens is 3. The molecule has 176 valence electrons. The first kappa shape index (κ1) is 23.7. The fraction of sp³-hybridized carbons (Fsp3) is 0.542. The Morgan fingerprint density at radius 3 is 2.36 bits per heavy atom. The molecule has 2 aliphatic rings. The zero-order valence-corrected chi connectivity index (χ0v) is 19.5. The highest BCUT2D eigenvalue weighted by atomic mass is 19.4. The molecule has 2 aliphatic heterocycles. The van der Waals surface area contributed by atoms with Gasteiger partial charge in [0, 0.05) is 37.4 Å². The highest BCUT2D eigenvalue weighted by Crippen LogP contribution is 2.43. The van der Waals surface area contributed by atoms with Crippen LogP contribution >= 0.6 is 0 Å². The number of carbonyl (C=O) groups excluding carboxylic acids is 1. The molecule has 33 heavy (non-hydrogen) atoms. The summed E-state index contributed by atoms with van der Waals surface area (Å²) >= 11 is 0. The van der Waals surface area contributed by atoms with Gasteiger partial charge in [-0.05, 0) is 70.5 Å². The van der Waals surface area contributed by atoms with Gasteiger partial charge in [-0.3, -0.25) is 9.69 Å². The summed E-state index contributed by atoms with van der Waals surface area (Å²) in [6.45, 7) is 7.43. The van der Waals surface area contributed by atoms with Crippen LogP contribution in [-0.2, 0) is 18.3 Å².